The predicted molar refractivity (Wildman–Crippen MR) is 71.4 cm³/mol. The van der Waals surface area contributed by atoms with Crippen LogP contribution in [0.4, 0.5) is 5.00 Å². The van der Waals surface area contributed by atoms with Gasteiger partial charge in [-0.05, 0) is 12.1 Å². The molecule has 2 amide bonds. The molecule has 1 aromatic heterocycles. The van der Waals surface area contributed by atoms with E-state index in [1.165, 1.54) is 11.3 Å². The van der Waals surface area contributed by atoms with Crippen LogP contribution in [0.3, 0.4) is 0 Å². The van der Waals surface area contributed by atoms with Gasteiger partial charge in [0.05, 0.1) is 17.4 Å². The van der Waals surface area contributed by atoms with Crippen molar-refractivity contribution in [3.63, 3.8) is 0 Å². The van der Waals surface area contributed by atoms with Crippen molar-refractivity contribution >= 4 is 34.4 Å². The number of rotatable bonds is 2. The molecule has 0 fully saturated rings. The minimum absolute atomic E-state index is 0. The summed E-state index contributed by atoms with van der Waals surface area (Å²) < 4.78 is 0. The van der Waals surface area contributed by atoms with Gasteiger partial charge in [0.25, 0.3) is 11.8 Å². The van der Waals surface area contributed by atoms with Gasteiger partial charge in [0.1, 0.15) is 0 Å². The Kier molecular flexibility index (Phi) is 4.02. The quantitative estimate of drug-likeness (QED) is 0.518. The van der Waals surface area contributed by atoms with Crippen LogP contribution in [-0.2, 0) is 25.9 Å². The molecule has 0 atom stereocenters. The third-order valence-corrected chi connectivity index (χ3v) is 4.14. The Morgan fingerprint density at radius 1 is 1.10 bits per heavy atom. The maximum Gasteiger partial charge on any atom is 0.255 e. The van der Waals surface area contributed by atoms with Crippen molar-refractivity contribution in [2.75, 3.05) is 4.90 Å². The van der Waals surface area contributed by atoms with Crippen molar-refractivity contribution in [1.29, 1.82) is 0 Å². The van der Waals surface area contributed by atoms with Gasteiger partial charge in [0.15, 0.2) is 0 Å². The zero-order valence-corrected chi connectivity index (χ0v) is 14.1. The van der Waals surface area contributed by atoms with E-state index in [4.69, 9.17) is 0 Å². The standard InChI is InChI=1S/C14H8NO3S.W/c1-8-7-19-14(11(8)6-16)15-12(17)9-4-2-3-5-10(9)13(15)18;/h2-5,7H,1H3;/q-1;. The SMILES string of the molecule is Cc1csc(N2C(=O)c3ccccc3C2=O)c1[C-]=O.[W]. The van der Waals surface area contributed by atoms with Crippen LogP contribution in [0, 0.1) is 6.92 Å². The fraction of sp³-hybridized carbons (Fsp3) is 0.0714. The third-order valence-electron chi connectivity index (χ3n) is 3.05. The molecule has 1 aliphatic rings. The molecule has 3 rings (SSSR count). The molecule has 0 radical (unpaired) electrons. The summed E-state index contributed by atoms with van der Waals surface area (Å²) in [6, 6.07) is 6.64. The van der Waals surface area contributed by atoms with E-state index in [1.54, 1.807) is 42.9 Å². The Labute approximate surface area is 133 Å². The number of hydrogen-bond donors (Lipinski definition) is 0. The van der Waals surface area contributed by atoms with Gasteiger partial charge < -0.3 is 4.79 Å². The van der Waals surface area contributed by atoms with Crippen LogP contribution < -0.4 is 4.90 Å². The molecule has 0 saturated heterocycles. The van der Waals surface area contributed by atoms with Crippen LogP contribution in [0.25, 0.3) is 0 Å². The number of nitrogens with zero attached hydrogens (tertiary/aromatic N) is 1. The summed E-state index contributed by atoms with van der Waals surface area (Å²) in [6.07, 6.45) is 1.80. The summed E-state index contributed by atoms with van der Waals surface area (Å²) >= 11 is 1.20. The summed E-state index contributed by atoms with van der Waals surface area (Å²) in [5, 5.41) is 2.08. The van der Waals surface area contributed by atoms with Crippen LogP contribution in [-0.4, -0.2) is 18.1 Å². The van der Waals surface area contributed by atoms with Crippen molar-refractivity contribution < 1.29 is 35.4 Å². The van der Waals surface area contributed by atoms with Crippen LogP contribution in [0.2, 0.25) is 0 Å². The Bertz CT molecular complexity index is 688. The number of carbonyl (C=O) groups excluding carboxylic acids is 3. The van der Waals surface area contributed by atoms with E-state index in [0.29, 0.717) is 21.7 Å². The third kappa shape index (κ3) is 1.98. The number of carbonyl (C=O) groups is 2. The molecule has 0 N–H and O–H groups in total. The number of amides is 2. The molecule has 100 valence electrons. The van der Waals surface area contributed by atoms with E-state index in [-0.39, 0.29) is 38.4 Å². The molecular weight excluding hydrogens is 446 g/mol. The largest absolute Gasteiger partial charge is 0.376 e. The van der Waals surface area contributed by atoms with Crippen LogP contribution in [0.5, 0.6) is 0 Å². The zero-order chi connectivity index (χ0) is 13.6. The number of anilines is 1. The molecule has 20 heavy (non-hydrogen) atoms. The molecule has 2 heterocycles. The maximum atomic E-state index is 12.3. The van der Waals surface area contributed by atoms with E-state index in [1.807, 2.05) is 0 Å². The van der Waals surface area contributed by atoms with Crippen LogP contribution >= 0.6 is 11.3 Å². The number of thiophene rings is 1. The molecule has 0 bridgehead atoms. The van der Waals surface area contributed by atoms with Gasteiger partial charge in [0, 0.05) is 26.1 Å². The van der Waals surface area contributed by atoms with Gasteiger partial charge in [-0.2, -0.15) is 0 Å². The smallest absolute Gasteiger partial charge is 0.255 e. The van der Waals surface area contributed by atoms with E-state index in [9.17, 15) is 14.4 Å². The number of hydrogen-bond acceptors (Lipinski definition) is 4. The first-order valence-electron chi connectivity index (χ1n) is 5.59. The monoisotopic (exact) mass is 454 g/mol. The van der Waals surface area contributed by atoms with Crippen LogP contribution in [0.15, 0.2) is 29.6 Å². The van der Waals surface area contributed by atoms with Crippen molar-refractivity contribution in [2.24, 2.45) is 0 Å². The molecule has 0 spiro atoms. The minimum Gasteiger partial charge on any atom is -0.376 e. The summed E-state index contributed by atoms with van der Waals surface area (Å²) in [7, 11) is 0. The second-order valence-corrected chi connectivity index (χ2v) is 5.05. The molecule has 1 aromatic carbocycles. The molecule has 4 nitrogen and oxygen atoms in total. The average Bonchev–Trinajstić information content (AvgIpc) is 2.90. The summed E-state index contributed by atoms with van der Waals surface area (Å²) in [5.41, 5.74) is 1.73. The molecule has 0 saturated carbocycles. The zero-order valence-electron chi connectivity index (χ0n) is 10.4. The molecular formula is C14H8NO3SW-. The summed E-state index contributed by atoms with van der Waals surface area (Å²) in [6.45, 7) is 1.75. The molecule has 1 aliphatic heterocycles. The normalized spacial score (nSPS) is 13.2. The van der Waals surface area contributed by atoms with Crippen molar-refractivity contribution in [3.05, 3.63) is 51.9 Å². The number of benzene rings is 1. The van der Waals surface area contributed by atoms with Gasteiger partial charge in [-0.25, -0.2) is 11.3 Å². The minimum atomic E-state index is -0.390. The number of imide groups is 1. The fourth-order valence-electron chi connectivity index (χ4n) is 2.09. The first-order chi connectivity index (χ1) is 9.15. The Morgan fingerprint density at radius 2 is 1.65 bits per heavy atom. The predicted octanol–water partition coefficient (Wildman–Crippen LogP) is 2.31. The summed E-state index contributed by atoms with van der Waals surface area (Å²) in [4.78, 5) is 36.6. The van der Waals surface area contributed by atoms with Gasteiger partial charge in [-0.15, -0.1) is 11.1 Å². The van der Waals surface area contributed by atoms with E-state index < -0.39 is 0 Å². The van der Waals surface area contributed by atoms with Gasteiger partial charge in [-0.3, -0.25) is 14.5 Å². The van der Waals surface area contributed by atoms with E-state index in [2.05, 4.69) is 0 Å². The molecule has 0 unspecified atom stereocenters. The molecule has 2 aromatic rings. The van der Waals surface area contributed by atoms with Crippen molar-refractivity contribution in [1.82, 2.24) is 0 Å². The Balaban J connectivity index is 0.00000147. The maximum absolute atomic E-state index is 12.3. The first-order valence-corrected chi connectivity index (χ1v) is 6.47. The average molecular weight is 454 g/mol. The van der Waals surface area contributed by atoms with Crippen molar-refractivity contribution in [3.8, 4) is 0 Å². The first kappa shape index (κ1) is 14.8. The van der Waals surface area contributed by atoms with E-state index >= 15 is 0 Å². The Morgan fingerprint density at radius 3 is 2.15 bits per heavy atom. The van der Waals surface area contributed by atoms with Gasteiger partial charge in [0.2, 0.25) is 0 Å². The van der Waals surface area contributed by atoms with Gasteiger partial charge >= 0.3 is 0 Å². The Hall–Kier alpha value is -1.58. The van der Waals surface area contributed by atoms with E-state index in [0.717, 1.165) is 4.90 Å². The van der Waals surface area contributed by atoms with Gasteiger partial charge in [-0.1, -0.05) is 24.4 Å². The number of aryl methyl sites for hydroxylation is 1. The van der Waals surface area contributed by atoms with Crippen LogP contribution in [0.1, 0.15) is 31.8 Å². The molecule has 6 heteroatoms. The van der Waals surface area contributed by atoms with Crippen molar-refractivity contribution in [2.45, 2.75) is 6.92 Å². The summed E-state index contributed by atoms with van der Waals surface area (Å²) in [5.74, 6) is -0.780. The topological polar surface area (TPSA) is 54.5 Å². The number of fused-ring (bicyclic) bond motifs is 1. The molecule has 0 aliphatic carbocycles. The fourth-order valence-corrected chi connectivity index (χ4v) is 3.09. The second-order valence-electron chi connectivity index (χ2n) is 4.19. The second kappa shape index (κ2) is 5.43.